The van der Waals surface area contributed by atoms with E-state index in [0.29, 0.717) is 5.75 Å². The molecule has 0 aromatic heterocycles. The zero-order valence-corrected chi connectivity index (χ0v) is 5.84. The molecular weight excluding hydrogens is 136 g/mol. The Morgan fingerprint density at radius 2 is 2.56 bits per heavy atom. The van der Waals surface area contributed by atoms with Gasteiger partial charge in [0.2, 0.25) is 6.29 Å². The quantitative estimate of drug-likeness (QED) is 0.325. The van der Waals surface area contributed by atoms with Gasteiger partial charge in [0.25, 0.3) is 0 Å². The van der Waals surface area contributed by atoms with Gasteiger partial charge in [-0.1, -0.05) is 6.58 Å². The van der Waals surface area contributed by atoms with Gasteiger partial charge in [-0.05, 0) is 0 Å². The lowest BCUT2D eigenvalue weighted by atomic mass is 10.4. The van der Waals surface area contributed by atoms with Gasteiger partial charge in [0.05, 0.1) is 0 Å². The molecule has 0 aliphatic carbocycles. The van der Waals surface area contributed by atoms with E-state index < -0.39 is 6.04 Å². The van der Waals surface area contributed by atoms with Crippen LogP contribution in [-0.4, -0.2) is 23.1 Å². The van der Waals surface area contributed by atoms with E-state index in [1.54, 1.807) is 6.29 Å². The van der Waals surface area contributed by atoms with Gasteiger partial charge in [-0.3, -0.25) is 4.79 Å². The number of thiol groups is 1. The van der Waals surface area contributed by atoms with E-state index in [9.17, 15) is 4.79 Å². The average molecular weight is 145 g/mol. The maximum Gasteiger partial charge on any atom is 0.225 e. The molecule has 0 fully saturated rings. The fraction of sp³-hybridized carbons (Fsp3) is 0.400. The lowest BCUT2D eigenvalue weighted by molar-refractivity contribution is 0.359. The molecule has 0 spiro atoms. The Kier molecular flexibility index (Phi) is 4.17. The first-order valence-electron chi connectivity index (χ1n) is 2.40. The van der Waals surface area contributed by atoms with E-state index in [1.165, 1.54) is 11.2 Å². The fourth-order valence-electron chi connectivity index (χ4n) is 0.320. The zero-order valence-electron chi connectivity index (χ0n) is 4.95. The third-order valence-corrected chi connectivity index (χ3v) is 1.23. The Morgan fingerprint density at radius 1 is 2.00 bits per heavy atom. The van der Waals surface area contributed by atoms with Crippen molar-refractivity contribution in [2.24, 2.45) is 5.84 Å². The Labute approximate surface area is 59.9 Å². The molecule has 9 heavy (non-hydrogen) atoms. The third-order valence-electron chi connectivity index (χ3n) is 0.880. The van der Waals surface area contributed by atoms with E-state index in [4.69, 9.17) is 5.84 Å². The lowest BCUT2D eigenvalue weighted by Crippen LogP contribution is -2.38. The SMILES string of the molecule is C=CN(N)[C@H]([C]=O)CS. The second-order valence-corrected chi connectivity index (χ2v) is 1.81. The van der Waals surface area contributed by atoms with Crippen molar-refractivity contribution in [1.29, 1.82) is 0 Å². The number of hydrazine groups is 1. The number of hydrogen-bond donors (Lipinski definition) is 2. The fourth-order valence-corrected chi connectivity index (χ4v) is 0.583. The minimum absolute atomic E-state index is 0.353. The number of carbonyl (C=O) groups excluding carboxylic acids is 1. The Bertz CT molecular complexity index is 107. The molecule has 0 amide bonds. The molecule has 0 aromatic carbocycles. The van der Waals surface area contributed by atoms with Crippen LogP contribution in [-0.2, 0) is 4.79 Å². The summed E-state index contributed by atoms with van der Waals surface area (Å²) in [6.07, 6.45) is 3.06. The Hall–Kier alpha value is -0.480. The van der Waals surface area contributed by atoms with Crippen LogP contribution in [0.3, 0.4) is 0 Å². The largest absolute Gasteiger partial charge is 0.307 e. The molecule has 0 saturated carbocycles. The molecule has 0 rings (SSSR count). The maximum absolute atomic E-state index is 9.99. The molecule has 0 saturated heterocycles. The summed E-state index contributed by atoms with van der Waals surface area (Å²) in [7, 11) is 0. The van der Waals surface area contributed by atoms with Crippen LogP contribution in [0.4, 0.5) is 0 Å². The zero-order chi connectivity index (χ0) is 7.28. The summed E-state index contributed by atoms with van der Waals surface area (Å²) in [5.74, 6) is 5.60. The molecule has 4 heteroatoms. The van der Waals surface area contributed by atoms with Gasteiger partial charge in [0, 0.05) is 12.0 Å². The molecule has 0 heterocycles. The normalized spacial score (nSPS) is 12.2. The van der Waals surface area contributed by atoms with Crippen molar-refractivity contribution in [3.8, 4) is 0 Å². The Morgan fingerprint density at radius 3 is 2.67 bits per heavy atom. The van der Waals surface area contributed by atoms with Crippen molar-refractivity contribution >= 4 is 18.9 Å². The first-order valence-corrected chi connectivity index (χ1v) is 3.03. The van der Waals surface area contributed by atoms with E-state index in [2.05, 4.69) is 19.2 Å². The highest BCUT2D eigenvalue weighted by Gasteiger charge is 2.07. The highest BCUT2D eigenvalue weighted by molar-refractivity contribution is 7.80. The smallest absolute Gasteiger partial charge is 0.225 e. The predicted octanol–water partition coefficient (Wildman–Crippen LogP) is -0.286. The molecule has 51 valence electrons. The van der Waals surface area contributed by atoms with Crippen LogP contribution in [0.15, 0.2) is 12.8 Å². The van der Waals surface area contributed by atoms with Crippen molar-refractivity contribution in [1.82, 2.24) is 5.01 Å². The lowest BCUT2D eigenvalue weighted by Gasteiger charge is -2.16. The van der Waals surface area contributed by atoms with Crippen LogP contribution >= 0.6 is 12.6 Å². The van der Waals surface area contributed by atoms with Crippen molar-refractivity contribution in [3.05, 3.63) is 12.8 Å². The molecular formula is C5H9N2OS. The summed E-state index contributed by atoms with van der Waals surface area (Å²) in [5, 5.41) is 1.17. The van der Waals surface area contributed by atoms with Gasteiger partial charge in [0.1, 0.15) is 6.04 Å². The van der Waals surface area contributed by atoms with E-state index in [0.717, 1.165) is 0 Å². The third kappa shape index (κ3) is 2.53. The van der Waals surface area contributed by atoms with E-state index >= 15 is 0 Å². The van der Waals surface area contributed by atoms with Crippen molar-refractivity contribution in [3.63, 3.8) is 0 Å². The van der Waals surface area contributed by atoms with E-state index in [1.807, 2.05) is 0 Å². The standard InChI is InChI=1S/C5H9N2OS/c1-2-7(6)5(3-8)4-9/h2,5,9H,1,4,6H2/t5-/m1/s1. The van der Waals surface area contributed by atoms with Crippen LogP contribution in [0, 0.1) is 0 Å². The van der Waals surface area contributed by atoms with Gasteiger partial charge in [-0.15, -0.1) is 0 Å². The summed E-state index contributed by atoms with van der Waals surface area (Å²) in [6.45, 7) is 3.37. The molecule has 0 aromatic rings. The molecule has 0 bridgehead atoms. The van der Waals surface area contributed by atoms with E-state index in [-0.39, 0.29) is 0 Å². The number of rotatable bonds is 4. The first kappa shape index (κ1) is 8.52. The van der Waals surface area contributed by atoms with Gasteiger partial charge in [-0.2, -0.15) is 12.6 Å². The molecule has 0 unspecified atom stereocenters. The summed E-state index contributed by atoms with van der Waals surface area (Å²) in [5.41, 5.74) is 0. The first-order chi connectivity index (χ1) is 4.26. The van der Waals surface area contributed by atoms with Gasteiger partial charge < -0.3 is 5.01 Å². The summed E-state index contributed by atoms with van der Waals surface area (Å²) < 4.78 is 0. The second kappa shape index (κ2) is 4.40. The van der Waals surface area contributed by atoms with Crippen LogP contribution in [0.1, 0.15) is 0 Å². The predicted molar refractivity (Wildman–Crippen MR) is 39.6 cm³/mol. The summed E-state index contributed by atoms with van der Waals surface area (Å²) in [4.78, 5) is 9.99. The monoisotopic (exact) mass is 145 g/mol. The minimum Gasteiger partial charge on any atom is -0.307 e. The number of hydrogen-bond acceptors (Lipinski definition) is 4. The Balaban J connectivity index is 3.77. The second-order valence-electron chi connectivity index (χ2n) is 1.45. The maximum atomic E-state index is 9.99. The van der Waals surface area contributed by atoms with Gasteiger partial charge >= 0.3 is 0 Å². The van der Waals surface area contributed by atoms with Crippen LogP contribution in [0.2, 0.25) is 0 Å². The van der Waals surface area contributed by atoms with Crippen molar-refractivity contribution < 1.29 is 4.79 Å². The summed E-state index contributed by atoms with van der Waals surface area (Å²) in [6, 6.07) is -0.481. The molecule has 0 aliphatic rings. The average Bonchev–Trinajstić information content (AvgIpc) is 1.90. The van der Waals surface area contributed by atoms with Crippen molar-refractivity contribution in [2.45, 2.75) is 6.04 Å². The molecule has 1 atom stereocenters. The molecule has 1 radical (unpaired) electrons. The molecule has 0 aliphatic heterocycles. The summed E-state index contributed by atoms with van der Waals surface area (Å²) >= 11 is 3.86. The topological polar surface area (TPSA) is 46.3 Å². The van der Waals surface area contributed by atoms with Crippen LogP contribution in [0.5, 0.6) is 0 Å². The molecule has 2 N–H and O–H groups in total. The highest BCUT2D eigenvalue weighted by atomic mass is 32.1. The minimum atomic E-state index is -0.481. The van der Waals surface area contributed by atoms with Crippen molar-refractivity contribution in [2.75, 3.05) is 5.75 Å². The van der Waals surface area contributed by atoms with Crippen LogP contribution < -0.4 is 5.84 Å². The molecule has 3 nitrogen and oxygen atoms in total. The van der Waals surface area contributed by atoms with Gasteiger partial charge in [0.15, 0.2) is 0 Å². The highest BCUT2D eigenvalue weighted by Crippen LogP contribution is 1.91. The van der Waals surface area contributed by atoms with Crippen LogP contribution in [0.25, 0.3) is 0 Å². The number of nitrogens with zero attached hydrogens (tertiary/aromatic N) is 1. The number of nitrogens with two attached hydrogens (primary N) is 1. The van der Waals surface area contributed by atoms with Gasteiger partial charge in [-0.25, -0.2) is 5.84 Å².